The lowest BCUT2D eigenvalue weighted by molar-refractivity contribution is -0.119. The van der Waals surface area contributed by atoms with Gasteiger partial charge in [-0.15, -0.1) is 11.3 Å². The zero-order valence-corrected chi connectivity index (χ0v) is 12.7. The number of amides is 1. The molecule has 106 valence electrons. The summed E-state index contributed by atoms with van der Waals surface area (Å²) in [5.74, 6) is -0.376. The molecule has 1 aliphatic rings. The third-order valence-corrected chi connectivity index (χ3v) is 6.05. The van der Waals surface area contributed by atoms with E-state index in [2.05, 4.69) is 4.72 Å². The van der Waals surface area contributed by atoms with Crippen molar-refractivity contribution in [3.63, 3.8) is 0 Å². The molecular formula is C12H18N2O3S2. The summed E-state index contributed by atoms with van der Waals surface area (Å²) in [7, 11) is -3.49. The second kappa shape index (κ2) is 4.88. The van der Waals surface area contributed by atoms with E-state index in [1.807, 2.05) is 6.92 Å². The molecule has 1 amide bonds. The maximum absolute atomic E-state index is 12.2. The van der Waals surface area contributed by atoms with Crippen LogP contribution in [0.2, 0.25) is 0 Å². The fourth-order valence-corrected chi connectivity index (χ4v) is 4.87. The number of thiophene rings is 1. The molecule has 0 atom stereocenters. The molecule has 0 radical (unpaired) electrons. The van der Waals surface area contributed by atoms with Crippen LogP contribution in [-0.2, 0) is 14.8 Å². The number of rotatable bonds is 6. The van der Waals surface area contributed by atoms with Crippen LogP contribution in [0.15, 0.2) is 11.0 Å². The van der Waals surface area contributed by atoms with Crippen LogP contribution in [-0.4, -0.2) is 20.9 Å². The molecule has 7 heteroatoms. The molecule has 0 unspecified atom stereocenters. The van der Waals surface area contributed by atoms with Crippen LogP contribution in [0, 0.1) is 19.3 Å². The van der Waals surface area contributed by atoms with Crippen molar-refractivity contribution >= 4 is 27.3 Å². The Bertz CT molecular complexity index is 600. The molecule has 0 spiro atoms. The van der Waals surface area contributed by atoms with E-state index in [9.17, 15) is 13.2 Å². The second-order valence-corrected chi connectivity index (χ2v) is 8.44. The Balaban J connectivity index is 2.07. The van der Waals surface area contributed by atoms with Crippen molar-refractivity contribution in [2.24, 2.45) is 11.1 Å². The molecule has 19 heavy (non-hydrogen) atoms. The zero-order chi connectivity index (χ0) is 14.3. The normalized spacial score (nSPS) is 17.4. The molecule has 1 heterocycles. The molecule has 0 aromatic carbocycles. The SMILES string of the molecule is Cc1cc(S(=O)(=O)NCC2(CC(N)=O)CC2)c(C)s1. The Kier molecular flexibility index (Phi) is 3.72. The van der Waals surface area contributed by atoms with Crippen LogP contribution in [0.3, 0.4) is 0 Å². The van der Waals surface area contributed by atoms with E-state index >= 15 is 0 Å². The number of carbonyl (C=O) groups is 1. The molecule has 1 saturated carbocycles. The summed E-state index contributed by atoms with van der Waals surface area (Å²) in [4.78, 5) is 13.0. The molecule has 2 rings (SSSR count). The minimum atomic E-state index is -3.49. The van der Waals surface area contributed by atoms with Gasteiger partial charge in [0.05, 0.1) is 4.90 Å². The molecule has 0 aliphatic heterocycles. The van der Waals surface area contributed by atoms with Gasteiger partial charge in [0.15, 0.2) is 0 Å². The van der Waals surface area contributed by atoms with Crippen molar-refractivity contribution < 1.29 is 13.2 Å². The van der Waals surface area contributed by atoms with Crippen LogP contribution >= 0.6 is 11.3 Å². The maximum Gasteiger partial charge on any atom is 0.241 e. The number of nitrogens with one attached hydrogen (secondary N) is 1. The average Bonchev–Trinajstić information content (AvgIpc) is 2.93. The van der Waals surface area contributed by atoms with Crippen molar-refractivity contribution in [2.45, 2.75) is 38.0 Å². The van der Waals surface area contributed by atoms with Crippen molar-refractivity contribution in [1.29, 1.82) is 0 Å². The summed E-state index contributed by atoms with van der Waals surface area (Å²) in [5.41, 5.74) is 4.93. The molecular weight excluding hydrogens is 284 g/mol. The smallest absolute Gasteiger partial charge is 0.241 e. The number of primary amides is 1. The van der Waals surface area contributed by atoms with Crippen LogP contribution in [0.1, 0.15) is 29.0 Å². The van der Waals surface area contributed by atoms with Crippen LogP contribution < -0.4 is 10.5 Å². The highest BCUT2D eigenvalue weighted by atomic mass is 32.2. The number of sulfonamides is 1. The molecule has 5 nitrogen and oxygen atoms in total. The lowest BCUT2D eigenvalue weighted by Crippen LogP contribution is -2.32. The summed E-state index contributed by atoms with van der Waals surface area (Å²) in [6, 6.07) is 1.68. The predicted octanol–water partition coefficient (Wildman–Crippen LogP) is 1.30. The minimum Gasteiger partial charge on any atom is -0.370 e. The van der Waals surface area contributed by atoms with Gasteiger partial charge in [-0.05, 0) is 38.2 Å². The zero-order valence-electron chi connectivity index (χ0n) is 11.0. The Morgan fingerprint density at radius 1 is 1.47 bits per heavy atom. The topological polar surface area (TPSA) is 89.3 Å². The first-order chi connectivity index (χ1) is 8.74. The van der Waals surface area contributed by atoms with E-state index in [4.69, 9.17) is 5.73 Å². The highest BCUT2D eigenvalue weighted by Gasteiger charge is 2.44. The summed E-state index contributed by atoms with van der Waals surface area (Å²) in [6.07, 6.45) is 1.94. The highest BCUT2D eigenvalue weighted by Crippen LogP contribution is 2.48. The second-order valence-electron chi connectivity index (χ2n) is 5.25. The van der Waals surface area contributed by atoms with Crippen molar-refractivity contribution in [3.05, 3.63) is 15.8 Å². The van der Waals surface area contributed by atoms with Crippen LogP contribution in [0.5, 0.6) is 0 Å². The lowest BCUT2D eigenvalue weighted by Gasteiger charge is -2.14. The fourth-order valence-electron chi connectivity index (χ4n) is 2.16. The van der Waals surface area contributed by atoms with E-state index in [1.54, 1.807) is 13.0 Å². The Morgan fingerprint density at radius 3 is 2.53 bits per heavy atom. The first kappa shape index (κ1) is 14.5. The van der Waals surface area contributed by atoms with Gasteiger partial charge in [0.1, 0.15) is 0 Å². The van der Waals surface area contributed by atoms with Crippen LogP contribution in [0.4, 0.5) is 0 Å². The monoisotopic (exact) mass is 302 g/mol. The number of hydrogen-bond acceptors (Lipinski definition) is 4. The van der Waals surface area contributed by atoms with E-state index in [-0.39, 0.29) is 24.3 Å². The standard InChI is InChI=1S/C12H18N2O3S2/c1-8-5-10(9(2)18-8)19(16,17)14-7-12(3-4-12)6-11(13)15/h5,14H,3-4,6-7H2,1-2H3,(H2,13,15). The van der Waals surface area contributed by atoms with Gasteiger partial charge in [0, 0.05) is 22.7 Å². The third-order valence-electron chi connectivity index (χ3n) is 3.43. The maximum atomic E-state index is 12.2. The molecule has 1 aliphatic carbocycles. The van der Waals surface area contributed by atoms with E-state index in [0.717, 1.165) is 22.6 Å². The Hall–Kier alpha value is -0.920. The molecule has 1 aromatic heterocycles. The van der Waals surface area contributed by atoms with E-state index in [0.29, 0.717) is 4.90 Å². The molecule has 3 N–H and O–H groups in total. The quantitative estimate of drug-likeness (QED) is 0.830. The predicted molar refractivity (Wildman–Crippen MR) is 74.5 cm³/mol. The summed E-state index contributed by atoms with van der Waals surface area (Å²) >= 11 is 1.46. The fraction of sp³-hybridized carbons (Fsp3) is 0.583. The van der Waals surface area contributed by atoms with Gasteiger partial charge in [0.2, 0.25) is 15.9 Å². The number of carbonyl (C=O) groups excluding carboxylic acids is 1. The van der Waals surface area contributed by atoms with E-state index < -0.39 is 10.0 Å². The average molecular weight is 302 g/mol. The van der Waals surface area contributed by atoms with Gasteiger partial charge < -0.3 is 5.73 Å². The lowest BCUT2D eigenvalue weighted by atomic mass is 10.0. The molecule has 1 fully saturated rings. The third kappa shape index (κ3) is 3.34. The van der Waals surface area contributed by atoms with Crippen LogP contribution in [0.25, 0.3) is 0 Å². The van der Waals surface area contributed by atoms with Crippen molar-refractivity contribution in [3.8, 4) is 0 Å². The Morgan fingerprint density at radius 2 is 2.11 bits per heavy atom. The minimum absolute atomic E-state index is 0.247. The number of aryl methyl sites for hydroxylation is 2. The van der Waals surface area contributed by atoms with Crippen molar-refractivity contribution in [2.75, 3.05) is 6.54 Å². The largest absolute Gasteiger partial charge is 0.370 e. The molecule has 0 bridgehead atoms. The first-order valence-corrected chi connectivity index (χ1v) is 8.39. The summed E-state index contributed by atoms with van der Waals surface area (Å²) in [5, 5.41) is 0. The molecule has 0 saturated heterocycles. The highest BCUT2D eigenvalue weighted by molar-refractivity contribution is 7.89. The Labute approximate surface area is 117 Å². The van der Waals surface area contributed by atoms with E-state index in [1.165, 1.54) is 11.3 Å². The first-order valence-electron chi connectivity index (χ1n) is 6.09. The molecule has 1 aromatic rings. The van der Waals surface area contributed by atoms with Gasteiger partial charge >= 0.3 is 0 Å². The van der Waals surface area contributed by atoms with Gasteiger partial charge in [-0.25, -0.2) is 13.1 Å². The van der Waals surface area contributed by atoms with Gasteiger partial charge in [-0.3, -0.25) is 4.79 Å². The van der Waals surface area contributed by atoms with Crippen molar-refractivity contribution in [1.82, 2.24) is 4.72 Å². The summed E-state index contributed by atoms with van der Waals surface area (Å²) in [6.45, 7) is 3.96. The number of nitrogens with two attached hydrogens (primary N) is 1. The number of hydrogen-bond donors (Lipinski definition) is 2. The van der Waals surface area contributed by atoms with Gasteiger partial charge in [-0.2, -0.15) is 0 Å². The van der Waals surface area contributed by atoms with Gasteiger partial charge in [-0.1, -0.05) is 0 Å². The van der Waals surface area contributed by atoms with Gasteiger partial charge in [0.25, 0.3) is 0 Å². The summed E-state index contributed by atoms with van der Waals surface area (Å²) < 4.78 is 27.0.